The molecule has 0 spiro atoms. The number of carboxylic acid groups (broad SMARTS) is 1. The Morgan fingerprint density at radius 3 is 1.50 bits per heavy atom. The molecule has 0 aromatic carbocycles. The molecule has 0 unspecified atom stereocenters. The second-order valence-electron chi connectivity index (χ2n) is 4.72. The molecule has 3 aromatic heterocycles. The molecule has 0 saturated carbocycles. The molecule has 6 radical (unpaired) electrons. The molecule has 0 fully saturated rings. The standard InChI is InChI=1S/C5H2BN3.C5H3BN2O2.C5H2ClN3.CH4O.B2H2O2.Na.H2O/c6-5-4(3-7)8-1-2-9-5;6-4-3(5(9)10)7-1-2-8-4;6-5-4(3-7)8-1-2-9-5;1-2;1-2(3)4;;/h1-2H;1-2H,(H,9,10);1-2H;2H,1H3;3-4H;;1H2/q;;;;;+1;/p-1. The molecule has 0 saturated heterocycles. The molecule has 20 heteroatoms. The van der Waals surface area contributed by atoms with Gasteiger partial charge >= 0.3 is 42.5 Å². The van der Waals surface area contributed by atoms with Gasteiger partial charge < -0.3 is 25.7 Å². The fraction of sp³-hybridized carbons (Fsp3) is 0.0625. The summed E-state index contributed by atoms with van der Waals surface area (Å²) in [6.45, 7) is 0. The molecule has 174 valence electrons. The number of hydrogen-bond donors (Lipinski definition) is 4. The second kappa shape index (κ2) is 25.2. The number of rotatable bonds is 1. The van der Waals surface area contributed by atoms with Crippen molar-refractivity contribution in [1.29, 1.82) is 10.5 Å². The maximum atomic E-state index is 10.2. The van der Waals surface area contributed by atoms with E-state index in [2.05, 4.69) is 37.6 Å². The fourth-order valence-electron chi connectivity index (χ4n) is 1.34. The van der Waals surface area contributed by atoms with Crippen molar-refractivity contribution >= 4 is 59.2 Å². The Bertz CT molecular complexity index is 1050. The van der Waals surface area contributed by atoms with E-state index in [4.69, 9.17) is 58.1 Å². The maximum Gasteiger partial charge on any atom is 1.00 e. The Morgan fingerprint density at radius 2 is 1.22 bits per heavy atom. The Kier molecular flexibility index (Phi) is 28.2. The summed E-state index contributed by atoms with van der Waals surface area (Å²) in [7, 11) is 14.0. The number of aliphatic hydroxyl groups excluding tert-OH is 1. The molecule has 0 amide bonds. The van der Waals surface area contributed by atoms with Gasteiger partial charge in [-0.05, 0) is 0 Å². The summed E-state index contributed by atoms with van der Waals surface area (Å²) >= 11 is 5.43. The van der Waals surface area contributed by atoms with Crippen LogP contribution in [0.5, 0.6) is 0 Å². The summed E-state index contributed by atoms with van der Waals surface area (Å²) < 4.78 is 0. The Morgan fingerprint density at radius 1 is 0.861 bits per heavy atom. The Labute approximate surface area is 237 Å². The van der Waals surface area contributed by atoms with Gasteiger partial charge in [0.2, 0.25) is 0 Å². The average molecular weight is 516 g/mol. The maximum absolute atomic E-state index is 10.2. The molecular weight excluding hydrogens is 502 g/mol. The molecule has 3 aromatic rings. The van der Waals surface area contributed by atoms with Crippen molar-refractivity contribution in [3.63, 3.8) is 0 Å². The molecule has 0 aliphatic heterocycles. The molecule has 0 atom stereocenters. The smallest absolute Gasteiger partial charge is 0.870 e. The number of nitriles is 2. The van der Waals surface area contributed by atoms with E-state index in [0.717, 1.165) is 7.11 Å². The minimum Gasteiger partial charge on any atom is -0.870 e. The fourth-order valence-corrected chi connectivity index (χ4v) is 1.49. The van der Waals surface area contributed by atoms with Crippen LogP contribution >= 0.6 is 11.6 Å². The van der Waals surface area contributed by atoms with Crippen LogP contribution in [-0.4, -0.2) is 99.2 Å². The quantitative estimate of drug-likeness (QED) is 0.220. The number of aromatic carboxylic acids is 1. The predicted octanol–water partition coefficient (Wildman–Crippen LogP) is -6.33. The van der Waals surface area contributed by atoms with E-state index in [1.807, 2.05) is 0 Å². The summed E-state index contributed by atoms with van der Waals surface area (Å²) in [5.74, 6) is -1.16. The van der Waals surface area contributed by atoms with Crippen molar-refractivity contribution in [2.24, 2.45) is 0 Å². The van der Waals surface area contributed by atoms with Gasteiger partial charge in [0.1, 0.15) is 35.6 Å². The molecule has 36 heavy (non-hydrogen) atoms. The number of hydrogen-bond acceptors (Lipinski definition) is 13. The molecule has 3 heterocycles. The van der Waals surface area contributed by atoms with E-state index in [0.29, 0.717) is 0 Å². The van der Waals surface area contributed by atoms with Gasteiger partial charge in [0, 0.05) is 55.5 Å². The number of aromatic nitrogens is 6. The zero-order chi connectivity index (χ0) is 26.5. The first-order valence-electron chi connectivity index (χ1n) is 8.33. The average Bonchev–Trinajstić information content (AvgIpc) is 2.82. The van der Waals surface area contributed by atoms with E-state index in [1.54, 1.807) is 12.1 Å². The number of aliphatic hydroxyl groups is 1. The van der Waals surface area contributed by atoms with Crippen molar-refractivity contribution in [2.75, 3.05) is 7.11 Å². The zero-order valence-corrected chi connectivity index (χ0v) is 21.6. The first kappa shape index (κ1) is 40.3. The first-order valence-corrected chi connectivity index (χ1v) is 8.71. The third-order valence-corrected chi connectivity index (χ3v) is 2.80. The van der Waals surface area contributed by atoms with Gasteiger partial charge in [0.15, 0.2) is 22.2 Å². The summed E-state index contributed by atoms with van der Waals surface area (Å²) in [4.78, 5) is 31.8. The molecule has 14 nitrogen and oxygen atoms in total. The predicted molar refractivity (Wildman–Crippen MR) is 124 cm³/mol. The first-order chi connectivity index (χ1) is 16.1. The number of carbonyl (C=O) groups is 1. The monoisotopic (exact) mass is 516 g/mol. The van der Waals surface area contributed by atoms with E-state index in [-0.39, 0.29) is 68.5 Å². The topological polar surface area (TPSA) is 253 Å². The number of nitrogens with zero attached hydrogens (tertiary/aromatic N) is 8. The Hall–Kier alpha value is -2.92. The van der Waals surface area contributed by atoms with Crippen molar-refractivity contribution in [3.8, 4) is 12.1 Å². The van der Waals surface area contributed by atoms with Gasteiger partial charge in [-0.2, -0.15) is 10.5 Å². The molecule has 0 aliphatic rings. The third kappa shape index (κ3) is 19.4. The second-order valence-corrected chi connectivity index (χ2v) is 5.08. The minimum absolute atomic E-state index is 0. The largest absolute Gasteiger partial charge is 1.00 e. The minimum atomic E-state index is -1.67. The van der Waals surface area contributed by atoms with E-state index in [9.17, 15) is 4.79 Å². The van der Waals surface area contributed by atoms with Crippen LogP contribution < -0.4 is 40.7 Å². The number of carboxylic acids is 1. The molecule has 5 N–H and O–H groups in total. The molecule has 0 bridgehead atoms. The summed E-state index contributed by atoms with van der Waals surface area (Å²) in [5, 5.41) is 46.9. The van der Waals surface area contributed by atoms with Crippen LogP contribution in [0.1, 0.15) is 21.9 Å². The van der Waals surface area contributed by atoms with Crippen molar-refractivity contribution in [3.05, 3.63) is 59.4 Å². The summed E-state index contributed by atoms with van der Waals surface area (Å²) in [6, 6.07) is 3.59. The van der Waals surface area contributed by atoms with Crippen LogP contribution in [0.15, 0.2) is 37.2 Å². The third-order valence-electron chi connectivity index (χ3n) is 2.52. The molecule has 0 aliphatic carbocycles. The van der Waals surface area contributed by atoms with Gasteiger partial charge in [0.25, 0.3) is 0 Å². The zero-order valence-electron chi connectivity index (χ0n) is 18.9. The van der Waals surface area contributed by atoms with Crippen LogP contribution in [0.25, 0.3) is 0 Å². The van der Waals surface area contributed by atoms with Crippen LogP contribution in [-0.2, 0) is 0 Å². The van der Waals surface area contributed by atoms with Crippen LogP contribution in [0.2, 0.25) is 5.15 Å². The van der Waals surface area contributed by atoms with E-state index < -0.39 is 13.0 Å². The van der Waals surface area contributed by atoms with Gasteiger partial charge in [-0.25, -0.2) is 24.7 Å². The van der Waals surface area contributed by atoms with Gasteiger partial charge in [-0.1, -0.05) is 11.6 Å². The van der Waals surface area contributed by atoms with Crippen molar-refractivity contribution < 1.29 is 60.1 Å². The molecule has 3 rings (SSSR count). The Balaban J connectivity index is -0.000000188. The van der Waals surface area contributed by atoms with Crippen molar-refractivity contribution in [2.45, 2.75) is 0 Å². The van der Waals surface area contributed by atoms with Crippen LogP contribution in [0.3, 0.4) is 0 Å². The van der Waals surface area contributed by atoms with E-state index in [1.165, 1.54) is 37.2 Å². The molecular formula is C16H14B4ClN8NaO6. The van der Waals surface area contributed by atoms with Crippen LogP contribution in [0, 0.1) is 22.7 Å². The summed E-state index contributed by atoms with van der Waals surface area (Å²) in [6.07, 6.45) is 8.33. The van der Waals surface area contributed by atoms with E-state index >= 15 is 0 Å². The SMILES string of the molecule is CO.N#Cc1nccnc1Cl.[B]B(O)O.[B]c1nccnc1C#N.[B]c1nccnc1C(=O)O.[Na+].[OH-]. The van der Waals surface area contributed by atoms with Gasteiger partial charge in [-0.15, -0.1) is 0 Å². The van der Waals surface area contributed by atoms with Gasteiger partial charge in [-0.3, -0.25) is 9.97 Å². The normalized spacial score (nSPS) is 7.64. The van der Waals surface area contributed by atoms with Crippen LogP contribution in [0.4, 0.5) is 0 Å². The number of halogens is 1. The summed E-state index contributed by atoms with van der Waals surface area (Å²) in [5.41, 5.74) is 0.258. The van der Waals surface area contributed by atoms with Crippen molar-refractivity contribution in [1.82, 2.24) is 29.9 Å². The van der Waals surface area contributed by atoms with Gasteiger partial charge in [0.05, 0.1) is 0 Å².